The number of aromatic nitrogens is 2. The van der Waals surface area contributed by atoms with Gasteiger partial charge < -0.3 is 20.1 Å². The molecule has 3 rings (SSSR count). The molecule has 0 radical (unpaired) electrons. The highest BCUT2D eigenvalue weighted by atomic mass is 127. The van der Waals surface area contributed by atoms with Gasteiger partial charge in [-0.05, 0) is 49.9 Å². The first-order chi connectivity index (χ1) is 13.8. The molecule has 0 bridgehead atoms. The lowest BCUT2D eigenvalue weighted by molar-refractivity contribution is 0.0200. The predicted molar refractivity (Wildman–Crippen MR) is 126 cm³/mol. The standard InChI is InChI=1S/C21H31N5O2.HI/c1-2-22-21(24-13-16-27-17-20-5-3-15-28-20)23-12-10-18-6-8-19(9-7-18)26-14-4-11-25-26;/h4,6-9,11,14,20H,2-3,5,10,12-13,15-17H2,1H3,(H2,22,23,24);1H. The van der Waals surface area contributed by atoms with Gasteiger partial charge in [-0.3, -0.25) is 4.99 Å². The number of nitrogens with zero attached hydrogens (tertiary/aromatic N) is 3. The molecule has 1 aromatic heterocycles. The summed E-state index contributed by atoms with van der Waals surface area (Å²) in [7, 11) is 0. The summed E-state index contributed by atoms with van der Waals surface area (Å²) in [5.41, 5.74) is 2.35. The van der Waals surface area contributed by atoms with Gasteiger partial charge in [-0.2, -0.15) is 5.10 Å². The van der Waals surface area contributed by atoms with E-state index >= 15 is 0 Å². The SMILES string of the molecule is CCNC(=NCCOCC1CCCO1)NCCc1ccc(-n2cccn2)cc1.I. The van der Waals surface area contributed by atoms with E-state index in [4.69, 9.17) is 9.47 Å². The second-order valence-corrected chi connectivity index (χ2v) is 6.76. The third kappa shape index (κ3) is 8.31. The van der Waals surface area contributed by atoms with Gasteiger partial charge in [0.05, 0.1) is 31.5 Å². The van der Waals surface area contributed by atoms with Crippen LogP contribution in [-0.2, 0) is 15.9 Å². The van der Waals surface area contributed by atoms with E-state index in [1.165, 1.54) is 5.56 Å². The van der Waals surface area contributed by atoms with Crippen LogP contribution in [0.1, 0.15) is 25.3 Å². The minimum atomic E-state index is 0. The van der Waals surface area contributed by atoms with Gasteiger partial charge in [0.15, 0.2) is 5.96 Å². The number of guanidine groups is 1. The lowest BCUT2D eigenvalue weighted by Crippen LogP contribution is -2.38. The van der Waals surface area contributed by atoms with Crippen LogP contribution in [0.4, 0.5) is 0 Å². The summed E-state index contributed by atoms with van der Waals surface area (Å²) in [6, 6.07) is 10.4. The highest BCUT2D eigenvalue weighted by Gasteiger charge is 2.14. The van der Waals surface area contributed by atoms with Crippen LogP contribution >= 0.6 is 24.0 Å². The molecule has 29 heavy (non-hydrogen) atoms. The van der Waals surface area contributed by atoms with E-state index in [0.717, 1.165) is 50.6 Å². The molecule has 1 aromatic carbocycles. The Hall–Kier alpha value is -1.65. The second-order valence-electron chi connectivity index (χ2n) is 6.76. The molecule has 1 fully saturated rings. The smallest absolute Gasteiger partial charge is 0.191 e. The quantitative estimate of drug-likeness (QED) is 0.221. The fourth-order valence-electron chi connectivity index (χ4n) is 3.12. The van der Waals surface area contributed by atoms with Crippen LogP contribution < -0.4 is 10.6 Å². The lowest BCUT2D eigenvalue weighted by Gasteiger charge is -2.12. The number of halogens is 1. The van der Waals surface area contributed by atoms with Gasteiger partial charge >= 0.3 is 0 Å². The number of rotatable bonds is 10. The zero-order chi connectivity index (χ0) is 19.4. The van der Waals surface area contributed by atoms with Crippen molar-refractivity contribution in [2.45, 2.75) is 32.3 Å². The minimum Gasteiger partial charge on any atom is -0.377 e. The molecule has 1 saturated heterocycles. The maximum absolute atomic E-state index is 5.67. The molecule has 2 aromatic rings. The average Bonchev–Trinajstić information content (AvgIpc) is 3.42. The van der Waals surface area contributed by atoms with E-state index in [0.29, 0.717) is 19.8 Å². The maximum atomic E-state index is 5.67. The highest BCUT2D eigenvalue weighted by Crippen LogP contribution is 2.11. The van der Waals surface area contributed by atoms with E-state index in [1.807, 2.05) is 16.9 Å². The molecule has 160 valence electrons. The molecule has 1 aliphatic rings. The Morgan fingerprint density at radius 3 is 2.86 bits per heavy atom. The van der Waals surface area contributed by atoms with Crippen molar-refractivity contribution in [3.63, 3.8) is 0 Å². The third-order valence-electron chi connectivity index (χ3n) is 4.59. The fourth-order valence-corrected chi connectivity index (χ4v) is 3.12. The van der Waals surface area contributed by atoms with Crippen LogP contribution in [0.25, 0.3) is 5.69 Å². The van der Waals surface area contributed by atoms with Gasteiger partial charge in [0.25, 0.3) is 0 Å². The Kier molecular flexibility index (Phi) is 11.0. The van der Waals surface area contributed by atoms with E-state index in [9.17, 15) is 0 Å². The molecule has 1 atom stereocenters. The fraction of sp³-hybridized carbons (Fsp3) is 0.524. The number of hydrogen-bond acceptors (Lipinski definition) is 4. The summed E-state index contributed by atoms with van der Waals surface area (Å²) < 4.78 is 13.1. The van der Waals surface area contributed by atoms with Crippen molar-refractivity contribution in [1.29, 1.82) is 0 Å². The largest absolute Gasteiger partial charge is 0.377 e. The molecule has 2 N–H and O–H groups in total. The number of nitrogens with one attached hydrogen (secondary N) is 2. The van der Waals surface area contributed by atoms with E-state index in [2.05, 4.69) is 51.9 Å². The van der Waals surface area contributed by atoms with Crippen LogP contribution in [-0.4, -0.2) is 61.3 Å². The van der Waals surface area contributed by atoms with E-state index in [1.54, 1.807) is 6.20 Å². The molecular weight excluding hydrogens is 481 g/mol. The van der Waals surface area contributed by atoms with E-state index < -0.39 is 0 Å². The van der Waals surface area contributed by atoms with Gasteiger partial charge in [0.2, 0.25) is 0 Å². The topological polar surface area (TPSA) is 72.7 Å². The zero-order valence-corrected chi connectivity index (χ0v) is 19.4. The van der Waals surface area contributed by atoms with Crippen LogP contribution in [0.5, 0.6) is 0 Å². The molecule has 1 unspecified atom stereocenters. The molecule has 7 nitrogen and oxygen atoms in total. The molecule has 0 amide bonds. The number of benzene rings is 1. The number of hydrogen-bond donors (Lipinski definition) is 2. The molecule has 8 heteroatoms. The van der Waals surface area contributed by atoms with Crippen molar-refractivity contribution in [2.24, 2.45) is 4.99 Å². The Labute approximate surface area is 190 Å². The van der Waals surface area contributed by atoms with E-state index in [-0.39, 0.29) is 30.1 Å². The third-order valence-corrected chi connectivity index (χ3v) is 4.59. The molecule has 0 saturated carbocycles. The van der Waals surface area contributed by atoms with Crippen molar-refractivity contribution >= 4 is 29.9 Å². The summed E-state index contributed by atoms with van der Waals surface area (Å²) in [5.74, 6) is 0.830. The lowest BCUT2D eigenvalue weighted by atomic mass is 10.1. The van der Waals surface area contributed by atoms with Crippen molar-refractivity contribution in [1.82, 2.24) is 20.4 Å². The average molecular weight is 513 g/mol. The first-order valence-corrected chi connectivity index (χ1v) is 10.2. The predicted octanol–water partition coefficient (Wildman–Crippen LogP) is 2.78. The van der Waals surface area contributed by atoms with Crippen LogP contribution in [0.15, 0.2) is 47.7 Å². The Balaban J connectivity index is 0.00000300. The van der Waals surface area contributed by atoms with Gasteiger partial charge in [0, 0.05) is 32.1 Å². The first kappa shape index (κ1) is 23.6. The van der Waals surface area contributed by atoms with Crippen LogP contribution in [0.3, 0.4) is 0 Å². The first-order valence-electron chi connectivity index (χ1n) is 10.2. The maximum Gasteiger partial charge on any atom is 0.191 e. The van der Waals surface area contributed by atoms with Gasteiger partial charge in [0.1, 0.15) is 0 Å². The summed E-state index contributed by atoms with van der Waals surface area (Å²) >= 11 is 0. The van der Waals surface area contributed by atoms with Crippen molar-refractivity contribution < 1.29 is 9.47 Å². The van der Waals surface area contributed by atoms with Crippen molar-refractivity contribution in [3.8, 4) is 5.69 Å². The summed E-state index contributed by atoms with van der Waals surface area (Å²) in [5, 5.41) is 10.9. The Morgan fingerprint density at radius 2 is 2.17 bits per heavy atom. The Morgan fingerprint density at radius 1 is 1.31 bits per heavy atom. The monoisotopic (exact) mass is 513 g/mol. The molecule has 2 heterocycles. The van der Waals surface area contributed by atoms with Gasteiger partial charge in [-0.1, -0.05) is 12.1 Å². The highest BCUT2D eigenvalue weighted by molar-refractivity contribution is 14.0. The second kappa shape index (κ2) is 13.6. The van der Waals surface area contributed by atoms with Gasteiger partial charge in [-0.25, -0.2) is 4.68 Å². The summed E-state index contributed by atoms with van der Waals surface area (Å²) in [6.07, 6.45) is 7.19. The molecular formula is C21H32IN5O2. The molecule has 0 spiro atoms. The van der Waals surface area contributed by atoms with Crippen molar-refractivity contribution in [2.75, 3.05) is 39.5 Å². The Bertz CT molecular complexity index is 700. The number of ether oxygens (including phenoxy) is 2. The van der Waals surface area contributed by atoms with Gasteiger partial charge in [-0.15, -0.1) is 24.0 Å². The van der Waals surface area contributed by atoms with Crippen LogP contribution in [0.2, 0.25) is 0 Å². The number of aliphatic imine (C=N–C) groups is 1. The normalized spacial score (nSPS) is 16.4. The zero-order valence-electron chi connectivity index (χ0n) is 17.0. The summed E-state index contributed by atoms with van der Waals surface area (Å²) in [4.78, 5) is 4.57. The summed E-state index contributed by atoms with van der Waals surface area (Å²) in [6.45, 7) is 6.52. The van der Waals surface area contributed by atoms with Crippen LogP contribution in [0, 0.1) is 0 Å². The molecule has 1 aliphatic heterocycles. The minimum absolute atomic E-state index is 0. The van der Waals surface area contributed by atoms with Crippen molar-refractivity contribution in [3.05, 3.63) is 48.3 Å². The molecule has 0 aliphatic carbocycles.